The molecular formula is C12H16N4O. The number of nitrogens with two attached hydrogens (primary N) is 1. The number of hydrogen-bond donors (Lipinski definition) is 1. The molecule has 0 saturated heterocycles. The van der Waals surface area contributed by atoms with Crippen molar-refractivity contribution in [3.05, 3.63) is 36.3 Å². The van der Waals surface area contributed by atoms with Crippen molar-refractivity contribution in [2.75, 3.05) is 0 Å². The van der Waals surface area contributed by atoms with Crippen LogP contribution in [0.1, 0.15) is 25.5 Å². The molecule has 0 bridgehead atoms. The zero-order chi connectivity index (χ0) is 12.3. The van der Waals surface area contributed by atoms with Gasteiger partial charge in [0.25, 0.3) is 0 Å². The highest BCUT2D eigenvalue weighted by Crippen LogP contribution is 2.19. The van der Waals surface area contributed by atoms with Gasteiger partial charge in [0.2, 0.25) is 5.88 Å². The number of rotatable bonds is 4. The van der Waals surface area contributed by atoms with Gasteiger partial charge in [-0.1, -0.05) is 6.07 Å². The standard InChI is InChI=1S/C12H16N4O/c1-3-16-8-11(7-15-16)17-12-5-4-10(6-14-12)9(2)13/h4-9H,3,13H2,1-2H3/t9-/m0/s1. The fourth-order valence-corrected chi connectivity index (χ4v) is 1.41. The van der Waals surface area contributed by atoms with E-state index < -0.39 is 0 Å². The van der Waals surface area contributed by atoms with Crippen molar-refractivity contribution in [2.24, 2.45) is 5.73 Å². The average Bonchev–Trinajstić information content (AvgIpc) is 2.77. The van der Waals surface area contributed by atoms with E-state index in [-0.39, 0.29) is 6.04 Å². The van der Waals surface area contributed by atoms with Crippen LogP contribution in [0.5, 0.6) is 11.6 Å². The molecule has 90 valence electrons. The van der Waals surface area contributed by atoms with Crippen molar-refractivity contribution in [1.29, 1.82) is 0 Å². The molecule has 0 aliphatic rings. The minimum atomic E-state index is -0.0145. The Morgan fingerprint density at radius 3 is 2.76 bits per heavy atom. The van der Waals surface area contributed by atoms with Gasteiger partial charge in [-0.05, 0) is 19.4 Å². The summed E-state index contributed by atoms with van der Waals surface area (Å²) in [5.74, 6) is 1.23. The Morgan fingerprint density at radius 2 is 2.24 bits per heavy atom. The molecule has 2 heterocycles. The normalized spacial score (nSPS) is 12.4. The van der Waals surface area contributed by atoms with E-state index in [0.29, 0.717) is 11.6 Å². The third-order valence-corrected chi connectivity index (χ3v) is 2.44. The van der Waals surface area contributed by atoms with Gasteiger partial charge in [-0.15, -0.1) is 0 Å². The summed E-state index contributed by atoms with van der Waals surface area (Å²) in [5, 5.41) is 4.12. The Kier molecular flexibility index (Phi) is 3.39. The Bertz CT molecular complexity index is 476. The summed E-state index contributed by atoms with van der Waals surface area (Å²) in [5.41, 5.74) is 6.73. The number of pyridine rings is 1. The highest BCUT2D eigenvalue weighted by atomic mass is 16.5. The molecule has 0 amide bonds. The molecule has 0 spiro atoms. The Balaban J connectivity index is 2.08. The van der Waals surface area contributed by atoms with Gasteiger partial charge in [0.05, 0.1) is 12.4 Å². The first-order valence-corrected chi connectivity index (χ1v) is 5.61. The molecule has 2 N–H and O–H groups in total. The number of aryl methyl sites for hydroxylation is 1. The number of aromatic nitrogens is 3. The van der Waals surface area contributed by atoms with E-state index in [1.54, 1.807) is 17.1 Å². The van der Waals surface area contributed by atoms with E-state index in [4.69, 9.17) is 10.5 Å². The maximum atomic E-state index is 5.74. The van der Waals surface area contributed by atoms with Crippen molar-refractivity contribution in [2.45, 2.75) is 26.4 Å². The van der Waals surface area contributed by atoms with Crippen LogP contribution in [0.3, 0.4) is 0 Å². The summed E-state index contributed by atoms with van der Waals surface area (Å²) in [7, 11) is 0. The molecule has 0 unspecified atom stereocenters. The summed E-state index contributed by atoms with van der Waals surface area (Å²) >= 11 is 0. The van der Waals surface area contributed by atoms with Gasteiger partial charge in [-0.3, -0.25) is 4.68 Å². The first kappa shape index (κ1) is 11.6. The SMILES string of the molecule is CCn1cc(Oc2ccc([C@H](C)N)cn2)cn1. The molecule has 5 nitrogen and oxygen atoms in total. The van der Waals surface area contributed by atoms with E-state index in [1.165, 1.54) is 0 Å². The van der Waals surface area contributed by atoms with Gasteiger partial charge in [0.15, 0.2) is 5.75 Å². The molecule has 0 aliphatic heterocycles. The van der Waals surface area contributed by atoms with Crippen LogP contribution in [0.4, 0.5) is 0 Å². The molecule has 2 aromatic rings. The van der Waals surface area contributed by atoms with Gasteiger partial charge in [-0.25, -0.2) is 4.98 Å². The number of hydrogen-bond acceptors (Lipinski definition) is 4. The van der Waals surface area contributed by atoms with E-state index >= 15 is 0 Å². The molecule has 2 aromatic heterocycles. The molecule has 0 saturated carbocycles. The van der Waals surface area contributed by atoms with Gasteiger partial charge in [-0.2, -0.15) is 5.10 Å². The van der Waals surface area contributed by atoms with Crippen molar-refractivity contribution >= 4 is 0 Å². The predicted octanol–water partition coefficient (Wildman–Crippen LogP) is 2.11. The minimum absolute atomic E-state index is 0.0145. The summed E-state index contributed by atoms with van der Waals surface area (Å²) in [6, 6.07) is 3.71. The van der Waals surface area contributed by atoms with Crippen LogP contribution >= 0.6 is 0 Å². The van der Waals surface area contributed by atoms with Crippen molar-refractivity contribution in [3.63, 3.8) is 0 Å². The Labute approximate surface area is 100 Å². The van der Waals surface area contributed by atoms with Gasteiger partial charge >= 0.3 is 0 Å². The van der Waals surface area contributed by atoms with E-state index in [2.05, 4.69) is 10.1 Å². The van der Waals surface area contributed by atoms with Crippen LogP contribution in [-0.4, -0.2) is 14.8 Å². The Morgan fingerprint density at radius 1 is 1.41 bits per heavy atom. The average molecular weight is 232 g/mol. The van der Waals surface area contributed by atoms with Gasteiger partial charge in [0, 0.05) is 24.8 Å². The summed E-state index contributed by atoms with van der Waals surface area (Å²) in [4.78, 5) is 4.19. The maximum Gasteiger partial charge on any atom is 0.219 e. The lowest BCUT2D eigenvalue weighted by Crippen LogP contribution is -2.05. The molecular weight excluding hydrogens is 216 g/mol. The summed E-state index contributed by atoms with van der Waals surface area (Å²) in [6.45, 7) is 4.76. The monoisotopic (exact) mass is 232 g/mol. The molecule has 5 heteroatoms. The van der Waals surface area contributed by atoms with Crippen molar-refractivity contribution in [1.82, 2.24) is 14.8 Å². The quantitative estimate of drug-likeness (QED) is 0.876. The number of ether oxygens (including phenoxy) is 1. The highest BCUT2D eigenvalue weighted by Gasteiger charge is 2.03. The predicted molar refractivity (Wildman–Crippen MR) is 64.8 cm³/mol. The summed E-state index contributed by atoms with van der Waals surface area (Å²) in [6.07, 6.45) is 5.23. The molecule has 17 heavy (non-hydrogen) atoms. The maximum absolute atomic E-state index is 5.74. The lowest BCUT2D eigenvalue weighted by Gasteiger charge is -2.06. The lowest BCUT2D eigenvalue weighted by molar-refractivity contribution is 0.461. The first-order chi connectivity index (χ1) is 8.19. The van der Waals surface area contributed by atoms with Crippen LogP contribution in [0.25, 0.3) is 0 Å². The van der Waals surface area contributed by atoms with Crippen molar-refractivity contribution < 1.29 is 4.74 Å². The first-order valence-electron chi connectivity index (χ1n) is 5.61. The Hall–Kier alpha value is -1.88. The number of nitrogens with zero attached hydrogens (tertiary/aromatic N) is 3. The van der Waals surface area contributed by atoms with Gasteiger partial charge < -0.3 is 10.5 Å². The summed E-state index contributed by atoms with van der Waals surface area (Å²) < 4.78 is 7.36. The van der Waals surface area contributed by atoms with Gasteiger partial charge in [0.1, 0.15) is 0 Å². The fraction of sp³-hybridized carbons (Fsp3) is 0.333. The van der Waals surface area contributed by atoms with Crippen LogP contribution in [-0.2, 0) is 6.54 Å². The van der Waals surface area contributed by atoms with E-state index in [9.17, 15) is 0 Å². The molecule has 0 radical (unpaired) electrons. The zero-order valence-corrected chi connectivity index (χ0v) is 10.00. The highest BCUT2D eigenvalue weighted by molar-refractivity contribution is 5.24. The smallest absolute Gasteiger partial charge is 0.219 e. The zero-order valence-electron chi connectivity index (χ0n) is 10.00. The lowest BCUT2D eigenvalue weighted by atomic mass is 10.2. The second-order valence-corrected chi connectivity index (χ2v) is 3.85. The van der Waals surface area contributed by atoms with E-state index in [1.807, 2.05) is 32.2 Å². The van der Waals surface area contributed by atoms with Crippen LogP contribution in [0, 0.1) is 0 Å². The van der Waals surface area contributed by atoms with Crippen molar-refractivity contribution in [3.8, 4) is 11.6 Å². The van der Waals surface area contributed by atoms with Crippen LogP contribution < -0.4 is 10.5 Å². The second kappa shape index (κ2) is 4.97. The fourth-order valence-electron chi connectivity index (χ4n) is 1.41. The van der Waals surface area contributed by atoms with E-state index in [0.717, 1.165) is 12.1 Å². The molecule has 0 aliphatic carbocycles. The molecule has 0 aromatic carbocycles. The molecule has 2 rings (SSSR count). The largest absolute Gasteiger partial charge is 0.436 e. The molecule has 1 atom stereocenters. The topological polar surface area (TPSA) is 66.0 Å². The third kappa shape index (κ3) is 2.82. The van der Waals surface area contributed by atoms with Crippen LogP contribution in [0.15, 0.2) is 30.7 Å². The molecule has 0 fully saturated rings. The second-order valence-electron chi connectivity index (χ2n) is 3.85. The minimum Gasteiger partial charge on any atom is -0.436 e. The third-order valence-electron chi connectivity index (χ3n) is 2.44. The van der Waals surface area contributed by atoms with Crippen LogP contribution in [0.2, 0.25) is 0 Å².